The number of hydrogen-bond donors (Lipinski definition) is 1. The highest BCUT2D eigenvalue weighted by molar-refractivity contribution is 7.18. The normalized spacial score (nSPS) is 11.0. The van der Waals surface area contributed by atoms with Gasteiger partial charge in [0.05, 0.1) is 18.8 Å². The van der Waals surface area contributed by atoms with Crippen LogP contribution in [0.5, 0.6) is 5.75 Å². The van der Waals surface area contributed by atoms with E-state index in [1.807, 2.05) is 24.3 Å². The highest BCUT2D eigenvalue weighted by Gasteiger charge is 2.27. The first-order valence-electron chi connectivity index (χ1n) is 10.1. The van der Waals surface area contributed by atoms with Gasteiger partial charge < -0.3 is 19.5 Å². The van der Waals surface area contributed by atoms with E-state index < -0.39 is 17.8 Å². The Bertz CT molecular complexity index is 940. The van der Waals surface area contributed by atoms with Crippen molar-refractivity contribution < 1.29 is 28.6 Å². The van der Waals surface area contributed by atoms with Crippen LogP contribution in [0.25, 0.3) is 0 Å². The molecule has 7 nitrogen and oxygen atoms in total. The van der Waals surface area contributed by atoms with E-state index >= 15 is 0 Å². The predicted octanol–water partition coefficient (Wildman–Crippen LogP) is 4.72. The van der Waals surface area contributed by atoms with Crippen LogP contribution in [-0.4, -0.2) is 37.7 Å². The number of rotatable bonds is 8. The molecular formula is C23H29NO6S. The van der Waals surface area contributed by atoms with Gasteiger partial charge in [0.25, 0.3) is 5.91 Å². The molecule has 0 spiro atoms. The van der Waals surface area contributed by atoms with E-state index in [2.05, 4.69) is 26.1 Å². The summed E-state index contributed by atoms with van der Waals surface area (Å²) in [6.45, 7) is 11.5. The molecule has 2 aromatic rings. The molecule has 2 rings (SSSR count). The first-order chi connectivity index (χ1) is 14.6. The maximum atomic E-state index is 12.5. The minimum absolute atomic E-state index is 0.0209. The molecule has 0 bridgehead atoms. The van der Waals surface area contributed by atoms with Gasteiger partial charge in [0.2, 0.25) is 0 Å². The zero-order valence-corrected chi connectivity index (χ0v) is 19.6. The number of amides is 1. The number of nitrogens with one attached hydrogen (secondary N) is 1. The largest absolute Gasteiger partial charge is 0.484 e. The quantitative estimate of drug-likeness (QED) is 0.589. The summed E-state index contributed by atoms with van der Waals surface area (Å²) in [5.74, 6) is -1.06. The standard InChI is InChI=1S/C23H29NO6S/c1-7-28-21(26)18-14(3)19(22(27)29-8-2)31-20(18)24-17(25)13-30-16-11-9-15(10-12-16)23(4,5)6/h9-12H,7-8,13H2,1-6H3,(H,24,25). The van der Waals surface area contributed by atoms with E-state index in [4.69, 9.17) is 14.2 Å². The Kier molecular flexibility index (Phi) is 8.21. The molecule has 0 radical (unpaired) electrons. The third-order valence-electron chi connectivity index (χ3n) is 4.43. The fourth-order valence-electron chi connectivity index (χ4n) is 2.80. The number of ether oxygens (including phenoxy) is 3. The summed E-state index contributed by atoms with van der Waals surface area (Å²) in [5.41, 5.74) is 1.74. The van der Waals surface area contributed by atoms with Gasteiger partial charge in [-0.1, -0.05) is 32.9 Å². The molecule has 0 aliphatic rings. The van der Waals surface area contributed by atoms with Crippen LogP contribution in [0.1, 0.15) is 65.8 Å². The number of benzene rings is 1. The van der Waals surface area contributed by atoms with Gasteiger partial charge in [0.1, 0.15) is 15.6 Å². The number of carbonyl (C=O) groups excluding carboxylic acids is 3. The fourth-order valence-corrected chi connectivity index (χ4v) is 3.91. The van der Waals surface area contributed by atoms with E-state index in [0.29, 0.717) is 11.3 Å². The minimum Gasteiger partial charge on any atom is -0.484 e. The lowest BCUT2D eigenvalue weighted by atomic mass is 9.87. The van der Waals surface area contributed by atoms with E-state index in [-0.39, 0.29) is 40.7 Å². The molecule has 0 aliphatic heterocycles. The van der Waals surface area contributed by atoms with Crippen LogP contribution in [0.2, 0.25) is 0 Å². The van der Waals surface area contributed by atoms with Crippen LogP contribution in [0.15, 0.2) is 24.3 Å². The van der Waals surface area contributed by atoms with E-state index in [0.717, 1.165) is 16.9 Å². The predicted molar refractivity (Wildman–Crippen MR) is 120 cm³/mol. The highest BCUT2D eigenvalue weighted by atomic mass is 32.1. The van der Waals surface area contributed by atoms with Crippen molar-refractivity contribution in [2.45, 2.75) is 47.0 Å². The molecule has 0 unspecified atom stereocenters. The van der Waals surface area contributed by atoms with Crippen molar-refractivity contribution in [3.05, 3.63) is 45.8 Å². The van der Waals surface area contributed by atoms with Crippen molar-refractivity contribution in [3.63, 3.8) is 0 Å². The molecular weight excluding hydrogens is 418 g/mol. The average molecular weight is 448 g/mol. The summed E-state index contributed by atoms with van der Waals surface area (Å²) in [6.07, 6.45) is 0. The summed E-state index contributed by atoms with van der Waals surface area (Å²) in [5, 5.41) is 2.89. The summed E-state index contributed by atoms with van der Waals surface area (Å²) < 4.78 is 15.7. The van der Waals surface area contributed by atoms with Crippen molar-refractivity contribution in [1.29, 1.82) is 0 Å². The zero-order chi connectivity index (χ0) is 23.2. The van der Waals surface area contributed by atoms with Crippen molar-refractivity contribution in [1.82, 2.24) is 0 Å². The second-order valence-electron chi connectivity index (χ2n) is 7.81. The smallest absolute Gasteiger partial charge is 0.348 e. The fraction of sp³-hybridized carbons (Fsp3) is 0.435. The second-order valence-corrected chi connectivity index (χ2v) is 8.83. The molecule has 1 N–H and O–H groups in total. The molecule has 0 saturated carbocycles. The maximum absolute atomic E-state index is 12.5. The van der Waals surface area contributed by atoms with Crippen LogP contribution < -0.4 is 10.1 Å². The summed E-state index contributed by atoms with van der Waals surface area (Å²) in [4.78, 5) is 37.3. The Balaban J connectivity index is 2.14. The number of thiophene rings is 1. The Morgan fingerprint density at radius 2 is 1.55 bits per heavy atom. The summed E-state index contributed by atoms with van der Waals surface area (Å²) in [7, 11) is 0. The molecule has 0 aliphatic carbocycles. The lowest BCUT2D eigenvalue weighted by Gasteiger charge is -2.19. The second kappa shape index (κ2) is 10.4. The van der Waals surface area contributed by atoms with Gasteiger partial charge in [-0.15, -0.1) is 11.3 Å². The Morgan fingerprint density at radius 1 is 0.968 bits per heavy atom. The van der Waals surface area contributed by atoms with E-state index in [1.165, 1.54) is 0 Å². The topological polar surface area (TPSA) is 90.9 Å². The van der Waals surface area contributed by atoms with Gasteiger partial charge in [0.15, 0.2) is 6.61 Å². The SMILES string of the molecule is CCOC(=O)c1sc(NC(=O)COc2ccc(C(C)(C)C)cc2)c(C(=O)OCC)c1C. The lowest BCUT2D eigenvalue weighted by Crippen LogP contribution is -2.21. The summed E-state index contributed by atoms with van der Waals surface area (Å²) in [6, 6.07) is 7.54. The van der Waals surface area contributed by atoms with Gasteiger partial charge in [-0.2, -0.15) is 0 Å². The van der Waals surface area contributed by atoms with Crippen LogP contribution >= 0.6 is 11.3 Å². The van der Waals surface area contributed by atoms with Crippen LogP contribution in [0.3, 0.4) is 0 Å². The molecule has 0 fully saturated rings. The lowest BCUT2D eigenvalue weighted by molar-refractivity contribution is -0.118. The number of carbonyl (C=O) groups is 3. The molecule has 1 aromatic carbocycles. The van der Waals surface area contributed by atoms with E-state index in [9.17, 15) is 14.4 Å². The number of hydrogen-bond acceptors (Lipinski definition) is 7. The van der Waals surface area contributed by atoms with Gasteiger partial charge in [-0.25, -0.2) is 9.59 Å². The number of anilines is 1. The monoisotopic (exact) mass is 447 g/mol. The first kappa shape index (κ1) is 24.4. The molecule has 1 amide bonds. The molecule has 0 saturated heterocycles. The van der Waals surface area contributed by atoms with Crippen LogP contribution in [0.4, 0.5) is 5.00 Å². The van der Waals surface area contributed by atoms with Crippen molar-refractivity contribution in [2.75, 3.05) is 25.1 Å². The first-order valence-corrected chi connectivity index (χ1v) is 10.9. The van der Waals surface area contributed by atoms with E-state index in [1.54, 1.807) is 20.8 Å². The van der Waals surface area contributed by atoms with Gasteiger partial charge in [-0.3, -0.25) is 4.79 Å². The molecule has 0 atom stereocenters. The molecule has 8 heteroatoms. The Morgan fingerprint density at radius 3 is 2.10 bits per heavy atom. The Labute approximate surface area is 186 Å². The molecule has 31 heavy (non-hydrogen) atoms. The maximum Gasteiger partial charge on any atom is 0.348 e. The zero-order valence-electron chi connectivity index (χ0n) is 18.8. The minimum atomic E-state index is -0.610. The van der Waals surface area contributed by atoms with Crippen LogP contribution in [-0.2, 0) is 19.7 Å². The molecule has 1 aromatic heterocycles. The highest BCUT2D eigenvalue weighted by Crippen LogP contribution is 2.34. The van der Waals surface area contributed by atoms with Gasteiger partial charge in [0, 0.05) is 0 Å². The summed E-state index contributed by atoms with van der Waals surface area (Å²) >= 11 is 0.980. The third-order valence-corrected chi connectivity index (χ3v) is 5.62. The van der Waals surface area contributed by atoms with Gasteiger partial charge >= 0.3 is 11.9 Å². The number of esters is 2. The van der Waals surface area contributed by atoms with Crippen molar-refractivity contribution in [3.8, 4) is 5.75 Å². The third kappa shape index (κ3) is 6.30. The Hall–Kier alpha value is -2.87. The molecule has 168 valence electrons. The molecule has 1 heterocycles. The van der Waals surface area contributed by atoms with Crippen molar-refractivity contribution in [2.24, 2.45) is 0 Å². The van der Waals surface area contributed by atoms with Gasteiger partial charge in [-0.05, 0) is 49.4 Å². The van der Waals surface area contributed by atoms with Crippen LogP contribution in [0, 0.1) is 6.92 Å². The van der Waals surface area contributed by atoms with Crippen molar-refractivity contribution >= 4 is 34.2 Å². The average Bonchev–Trinajstić information content (AvgIpc) is 3.02.